The summed E-state index contributed by atoms with van der Waals surface area (Å²) in [6, 6.07) is -2.29. The summed E-state index contributed by atoms with van der Waals surface area (Å²) in [6.45, 7) is 0. The van der Waals surface area contributed by atoms with Gasteiger partial charge >= 0.3 is 5.97 Å². The average molecular weight is 246 g/mol. The maximum Gasteiger partial charge on any atom is 0.321 e. The van der Waals surface area contributed by atoms with Crippen LogP contribution in [0.25, 0.3) is 0 Å². The van der Waals surface area contributed by atoms with Crippen molar-refractivity contribution in [3.8, 4) is 0 Å². The number of alkyl halides is 4. The summed E-state index contributed by atoms with van der Waals surface area (Å²) in [6.07, 6.45) is -6.99. The minimum atomic E-state index is -3.50. The highest BCUT2D eigenvalue weighted by Gasteiger charge is 2.45. The third-order valence-corrected chi connectivity index (χ3v) is 2.01. The molecule has 0 rings (SSSR count). The zero-order chi connectivity index (χ0) is 13.0. The Morgan fingerprint density at radius 2 is 1.50 bits per heavy atom. The predicted octanol–water partition coefficient (Wildman–Crippen LogP) is -0.354. The van der Waals surface area contributed by atoms with Gasteiger partial charge in [-0.1, -0.05) is 0 Å². The predicted molar refractivity (Wildman–Crippen MR) is 43.8 cm³/mol. The molecule has 2 unspecified atom stereocenters. The first-order chi connectivity index (χ1) is 7.20. The van der Waals surface area contributed by atoms with E-state index in [1.54, 1.807) is 0 Å². The molecular formula is C7H10F4N2O3. The Kier molecular flexibility index (Phi) is 5.15. The molecule has 0 heterocycles. The largest absolute Gasteiger partial charge is 0.480 e. The maximum atomic E-state index is 12.4. The number of carboxylic acids is 1. The highest BCUT2D eigenvalue weighted by atomic mass is 19.3. The number of carboxylic acid groups (broad SMARTS) is 1. The van der Waals surface area contributed by atoms with Crippen LogP contribution in [0, 0.1) is 11.8 Å². The van der Waals surface area contributed by atoms with Gasteiger partial charge in [-0.25, -0.2) is 17.6 Å². The van der Waals surface area contributed by atoms with E-state index in [1.165, 1.54) is 0 Å². The van der Waals surface area contributed by atoms with Crippen LogP contribution in [0.5, 0.6) is 0 Å². The molecule has 94 valence electrons. The fraction of sp³-hybridized carbons (Fsp3) is 0.714. The zero-order valence-corrected chi connectivity index (χ0v) is 7.82. The second-order valence-corrected chi connectivity index (χ2v) is 3.04. The number of primary amides is 1. The number of carbonyl (C=O) groups is 2. The quantitative estimate of drug-likeness (QED) is 0.556. The van der Waals surface area contributed by atoms with E-state index < -0.39 is 42.6 Å². The van der Waals surface area contributed by atoms with Gasteiger partial charge in [0.2, 0.25) is 12.3 Å². The Bertz CT molecular complexity index is 274. The van der Waals surface area contributed by atoms with Crippen LogP contribution in [-0.4, -0.2) is 35.9 Å². The molecule has 0 aromatic heterocycles. The molecule has 16 heavy (non-hydrogen) atoms. The van der Waals surface area contributed by atoms with Crippen molar-refractivity contribution in [3.63, 3.8) is 0 Å². The lowest BCUT2D eigenvalue weighted by Gasteiger charge is -2.26. The number of aliphatic carboxylic acids is 1. The van der Waals surface area contributed by atoms with Gasteiger partial charge in [0.25, 0.3) is 6.43 Å². The lowest BCUT2D eigenvalue weighted by atomic mass is 9.86. The lowest BCUT2D eigenvalue weighted by Crippen LogP contribution is -2.50. The van der Waals surface area contributed by atoms with Crippen molar-refractivity contribution in [2.24, 2.45) is 23.3 Å². The normalized spacial score (nSPS) is 17.2. The van der Waals surface area contributed by atoms with Crippen molar-refractivity contribution in [3.05, 3.63) is 0 Å². The molecular weight excluding hydrogens is 236 g/mol. The molecule has 5 nitrogen and oxygen atoms in total. The van der Waals surface area contributed by atoms with Gasteiger partial charge in [-0.2, -0.15) is 0 Å². The van der Waals surface area contributed by atoms with Gasteiger partial charge in [-0.15, -0.1) is 0 Å². The van der Waals surface area contributed by atoms with Crippen molar-refractivity contribution in [1.82, 2.24) is 0 Å². The van der Waals surface area contributed by atoms with E-state index in [2.05, 4.69) is 5.73 Å². The van der Waals surface area contributed by atoms with Gasteiger partial charge in [0.05, 0.1) is 5.92 Å². The van der Waals surface area contributed by atoms with Gasteiger partial charge in [-0.3, -0.25) is 9.59 Å². The van der Waals surface area contributed by atoms with Crippen molar-refractivity contribution >= 4 is 11.9 Å². The van der Waals surface area contributed by atoms with Crippen LogP contribution >= 0.6 is 0 Å². The van der Waals surface area contributed by atoms with Crippen molar-refractivity contribution in [2.45, 2.75) is 18.9 Å². The number of hydrogen-bond donors (Lipinski definition) is 3. The molecule has 0 aromatic carbocycles. The average Bonchev–Trinajstić information content (AvgIpc) is 2.10. The molecule has 0 radical (unpaired) electrons. The highest BCUT2D eigenvalue weighted by molar-refractivity contribution is 5.80. The van der Waals surface area contributed by atoms with Gasteiger partial charge in [-0.05, 0) is 0 Å². The standard InChI is InChI=1S/C7H10F4N2O3/c8-4(9)1(3(12)7(15)16)2(5(10)11)6(13)14/h1-5H,12H2,(H2,13,14)(H,15,16)/t1?,2?,3-/m0/s1. The fourth-order valence-corrected chi connectivity index (χ4v) is 1.18. The summed E-state index contributed by atoms with van der Waals surface area (Å²) < 4.78 is 49.4. The minimum Gasteiger partial charge on any atom is -0.480 e. The van der Waals surface area contributed by atoms with E-state index in [1.807, 2.05) is 0 Å². The zero-order valence-electron chi connectivity index (χ0n) is 7.82. The Labute approximate surface area is 87.4 Å². The lowest BCUT2D eigenvalue weighted by molar-refractivity contribution is -0.147. The number of hydrogen-bond acceptors (Lipinski definition) is 3. The molecule has 0 saturated carbocycles. The number of amides is 1. The monoisotopic (exact) mass is 246 g/mol. The topological polar surface area (TPSA) is 106 Å². The third-order valence-electron chi connectivity index (χ3n) is 2.01. The summed E-state index contributed by atoms with van der Waals surface area (Å²) in [5, 5.41) is 8.36. The van der Waals surface area contributed by atoms with Gasteiger partial charge in [0.1, 0.15) is 12.0 Å². The molecule has 0 fully saturated rings. The first-order valence-electron chi connectivity index (χ1n) is 4.04. The molecule has 0 spiro atoms. The summed E-state index contributed by atoms with van der Waals surface area (Å²) in [4.78, 5) is 20.9. The second-order valence-electron chi connectivity index (χ2n) is 3.04. The molecule has 5 N–H and O–H groups in total. The molecule has 3 atom stereocenters. The molecule has 0 saturated heterocycles. The Hall–Kier alpha value is -1.38. The van der Waals surface area contributed by atoms with Crippen LogP contribution in [0.15, 0.2) is 0 Å². The van der Waals surface area contributed by atoms with Crippen LogP contribution in [0.4, 0.5) is 17.6 Å². The van der Waals surface area contributed by atoms with Crippen LogP contribution in [0.3, 0.4) is 0 Å². The molecule has 0 aliphatic rings. The van der Waals surface area contributed by atoms with Crippen LogP contribution < -0.4 is 11.5 Å². The van der Waals surface area contributed by atoms with E-state index in [9.17, 15) is 27.2 Å². The molecule has 9 heteroatoms. The summed E-state index contributed by atoms with van der Waals surface area (Å²) in [5.74, 6) is -8.73. The smallest absolute Gasteiger partial charge is 0.321 e. The van der Waals surface area contributed by atoms with Crippen molar-refractivity contribution in [2.75, 3.05) is 0 Å². The van der Waals surface area contributed by atoms with Gasteiger partial charge < -0.3 is 16.6 Å². The van der Waals surface area contributed by atoms with Gasteiger partial charge in [0, 0.05) is 0 Å². The van der Waals surface area contributed by atoms with E-state index >= 15 is 0 Å². The third kappa shape index (κ3) is 3.33. The molecule has 0 aliphatic carbocycles. The van der Waals surface area contributed by atoms with E-state index in [0.717, 1.165) is 0 Å². The Morgan fingerprint density at radius 3 is 1.69 bits per heavy atom. The van der Waals surface area contributed by atoms with Crippen molar-refractivity contribution in [1.29, 1.82) is 0 Å². The SMILES string of the molecule is NC(=O)C(C(F)F)C(C(F)F)[C@H](N)C(=O)O. The van der Waals surface area contributed by atoms with E-state index in [4.69, 9.17) is 10.8 Å². The Morgan fingerprint density at radius 1 is 1.06 bits per heavy atom. The molecule has 0 bridgehead atoms. The molecule has 0 aromatic rings. The first kappa shape index (κ1) is 14.6. The minimum absolute atomic E-state index is 1.71. The maximum absolute atomic E-state index is 12.4. The van der Waals surface area contributed by atoms with Crippen LogP contribution in [0.1, 0.15) is 0 Å². The number of carbonyl (C=O) groups excluding carboxylic acids is 1. The summed E-state index contributed by atoms with van der Waals surface area (Å²) in [7, 11) is 0. The van der Waals surface area contributed by atoms with Gasteiger partial charge in [0.15, 0.2) is 0 Å². The number of rotatable bonds is 6. The van der Waals surface area contributed by atoms with E-state index in [0.29, 0.717) is 0 Å². The van der Waals surface area contributed by atoms with E-state index in [-0.39, 0.29) is 0 Å². The van der Waals surface area contributed by atoms with Crippen molar-refractivity contribution < 1.29 is 32.3 Å². The first-order valence-corrected chi connectivity index (χ1v) is 4.04. The summed E-state index contributed by atoms with van der Waals surface area (Å²) in [5.41, 5.74) is 9.33. The number of halogens is 4. The second kappa shape index (κ2) is 5.64. The Balaban J connectivity index is 5.15. The molecule has 1 amide bonds. The number of nitrogens with two attached hydrogens (primary N) is 2. The fourth-order valence-electron chi connectivity index (χ4n) is 1.18. The summed E-state index contributed by atoms with van der Waals surface area (Å²) >= 11 is 0. The van der Waals surface area contributed by atoms with Crippen LogP contribution in [0.2, 0.25) is 0 Å². The highest BCUT2D eigenvalue weighted by Crippen LogP contribution is 2.28. The molecule has 0 aliphatic heterocycles. The van der Waals surface area contributed by atoms with Crippen LogP contribution in [-0.2, 0) is 9.59 Å².